The number of hydrogen-bond donors (Lipinski definition) is 1. The van der Waals surface area contributed by atoms with Crippen molar-refractivity contribution < 1.29 is 27.5 Å². The molecule has 1 aromatic carbocycles. The van der Waals surface area contributed by atoms with Gasteiger partial charge in [0.15, 0.2) is 6.29 Å². The van der Waals surface area contributed by atoms with Crippen LogP contribution in [-0.4, -0.2) is 24.3 Å². The molecule has 0 bridgehead atoms. The largest absolute Gasteiger partial charge is 0.446 e. The number of thioether (sulfide) groups is 1. The van der Waals surface area contributed by atoms with Crippen LogP contribution in [0.2, 0.25) is 0 Å². The number of benzene rings is 1. The van der Waals surface area contributed by atoms with Crippen molar-refractivity contribution in [1.82, 2.24) is 5.48 Å². The van der Waals surface area contributed by atoms with E-state index in [-0.39, 0.29) is 22.2 Å². The van der Waals surface area contributed by atoms with E-state index in [2.05, 4.69) is 5.48 Å². The maximum Gasteiger partial charge on any atom is 0.446 e. The zero-order chi connectivity index (χ0) is 15.3. The third kappa shape index (κ3) is 5.56. The average Bonchev–Trinajstić information content (AvgIpc) is 2.45. The van der Waals surface area contributed by atoms with Crippen LogP contribution in [-0.2, 0) is 9.57 Å². The van der Waals surface area contributed by atoms with E-state index in [1.54, 1.807) is 0 Å². The molecule has 2 rings (SSSR count). The van der Waals surface area contributed by atoms with Gasteiger partial charge in [-0.2, -0.15) is 13.2 Å². The zero-order valence-corrected chi connectivity index (χ0v) is 11.8. The molecule has 1 aliphatic heterocycles. The minimum absolute atomic E-state index is 0.0237. The first-order valence-electron chi connectivity index (χ1n) is 6.37. The summed E-state index contributed by atoms with van der Waals surface area (Å²) in [6.45, 7) is 0.587. The van der Waals surface area contributed by atoms with E-state index in [1.807, 2.05) is 0 Å². The highest BCUT2D eigenvalue weighted by Crippen LogP contribution is 2.36. The van der Waals surface area contributed by atoms with Gasteiger partial charge in [-0.15, -0.1) is 0 Å². The number of hydrogen-bond acceptors (Lipinski definition) is 4. The first kappa shape index (κ1) is 16.1. The Morgan fingerprint density at radius 1 is 1.29 bits per heavy atom. The van der Waals surface area contributed by atoms with Crippen LogP contribution in [0.25, 0.3) is 0 Å². The standard InChI is InChI=1S/C13H14F3NO3S/c14-13(15,16)21-10-6-4-9(5-7-10)12(18)17-20-11-3-1-2-8-19-11/h4-7,11H,1-3,8H2,(H,17,18). The predicted octanol–water partition coefficient (Wildman–Crippen LogP) is 3.49. The van der Waals surface area contributed by atoms with E-state index in [0.717, 1.165) is 12.8 Å². The molecule has 0 aliphatic carbocycles. The van der Waals surface area contributed by atoms with Crippen molar-refractivity contribution in [2.75, 3.05) is 6.61 Å². The fraction of sp³-hybridized carbons (Fsp3) is 0.462. The Kier molecular flexibility index (Phi) is 5.49. The van der Waals surface area contributed by atoms with Crippen LogP contribution in [0.5, 0.6) is 0 Å². The highest BCUT2D eigenvalue weighted by atomic mass is 32.2. The fourth-order valence-corrected chi connectivity index (χ4v) is 2.33. The Hall–Kier alpha value is -1.25. The van der Waals surface area contributed by atoms with Gasteiger partial charge in [-0.3, -0.25) is 4.79 Å². The minimum atomic E-state index is -4.34. The van der Waals surface area contributed by atoms with Gasteiger partial charge in [-0.05, 0) is 48.9 Å². The average molecular weight is 321 g/mol. The summed E-state index contributed by atoms with van der Waals surface area (Å²) >= 11 is -0.226. The number of hydroxylamine groups is 1. The molecule has 1 amide bonds. The first-order valence-corrected chi connectivity index (χ1v) is 7.19. The molecule has 1 heterocycles. The van der Waals surface area contributed by atoms with Gasteiger partial charge in [0.25, 0.3) is 5.91 Å². The highest BCUT2D eigenvalue weighted by molar-refractivity contribution is 8.00. The monoisotopic (exact) mass is 321 g/mol. The normalized spacial score (nSPS) is 19.3. The molecule has 1 aromatic rings. The molecule has 1 N–H and O–H groups in total. The second kappa shape index (κ2) is 7.15. The van der Waals surface area contributed by atoms with E-state index < -0.39 is 17.7 Å². The van der Waals surface area contributed by atoms with Gasteiger partial charge in [-0.25, -0.2) is 10.3 Å². The maximum absolute atomic E-state index is 12.2. The lowest BCUT2D eigenvalue weighted by molar-refractivity contribution is -0.186. The molecule has 1 unspecified atom stereocenters. The van der Waals surface area contributed by atoms with Crippen molar-refractivity contribution in [3.05, 3.63) is 29.8 Å². The van der Waals surface area contributed by atoms with E-state index in [1.165, 1.54) is 24.3 Å². The van der Waals surface area contributed by atoms with Crippen molar-refractivity contribution in [1.29, 1.82) is 0 Å². The smallest absolute Gasteiger partial charge is 0.350 e. The molecule has 21 heavy (non-hydrogen) atoms. The molecule has 1 aliphatic rings. The molecular formula is C13H14F3NO3S. The Labute approximate surface area is 123 Å². The van der Waals surface area contributed by atoms with Crippen molar-refractivity contribution in [3.63, 3.8) is 0 Å². The third-order valence-corrected chi connectivity index (χ3v) is 3.51. The summed E-state index contributed by atoms with van der Waals surface area (Å²) in [6, 6.07) is 5.11. The van der Waals surface area contributed by atoms with Gasteiger partial charge < -0.3 is 4.74 Å². The van der Waals surface area contributed by atoms with Gasteiger partial charge in [-0.1, -0.05) is 0 Å². The molecule has 0 spiro atoms. The molecule has 1 saturated heterocycles. The first-order chi connectivity index (χ1) is 9.94. The highest BCUT2D eigenvalue weighted by Gasteiger charge is 2.29. The molecule has 0 aromatic heterocycles. The van der Waals surface area contributed by atoms with Crippen LogP contribution in [0.4, 0.5) is 13.2 Å². The second-order valence-corrected chi connectivity index (χ2v) is 5.56. The van der Waals surface area contributed by atoms with Crippen molar-refractivity contribution >= 4 is 17.7 Å². The van der Waals surface area contributed by atoms with Gasteiger partial charge in [0.1, 0.15) is 0 Å². The number of nitrogens with one attached hydrogen (secondary N) is 1. The van der Waals surface area contributed by atoms with Crippen LogP contribution < -0.4 is 5.48 Å². The number of alkyl halides is 3. The molecule has 4 nitrogen and oxygen atoms in total. The summed E-state index contributed by atoms with van der Waals surface area (Å²) in [5.74, 6) is -0.521. The summed E-state index contributed by atoms with van der Waals surface area (Å²) in [6.07, 6.45) is 2.15. The van der Waals surface area contributed by atoms with Gasteiger partial charge in [0.2, 0.25) is 0 Å². The Bertz CT molecular complexity index is 473. The van der Waals surface area contributed by atoms with E-state index in [9.17, 15) is 18.0 Å². The summed E-state index contributed by atoms with van der Waals surface area (Å²) in [7, 11) is 0. The predicted molar refractivity (Wildman–Crippen MR) is 70.5 cm³/mol. The fourth-order valence-electron chi connectivity index (χ4n) is 1.79. The Morgan fingerprint density at radius 3 is 2.57 bits per heavy atom. The SMILES string of the molecule is O=C(NOC1CCCCO1)c1ccc(SC(F)(F)F)cc1. The lowest BCUT2D eigenvalue weighted by Gasteiger charge is -2.22. The molecule has 0 radical (unpaired) electrons. The summed E-state index contributed by atoms with van der Waals surface area (Å²) < 4.78 is 41.8. The molecular weight excluding hydrogens is 307 g/mol. The number of amides is 1. The Morgan fingerprint density at radius 2 is 2.00 bits per heavy atom. The van der Waals surface area contributed by atoms with E-state index >= 15 is 0 Å². The summed E-state index contributed by atoms with van der Waals surface area (Å²) in [5.41, 5.74) is -1.88. The van der Waals surface area contributed by atoms with Crippen molar-refractivity contribution in [3.8, 4) is 0 Å². The van der Waals surface area contributed by atoms with Gasteiger partial charge in [0.05, 0.1) is 0 Å². The van der Waals surface area contributed by atoms with Gasteiger partial charge in [0, 0.05) is 23.5 Å². The van der Waals surface area contributed by atoms with Crippen LogP contribution >= 0.6 is 11.8 Å². The van der Waals surface area contributed by atoms with E-state index in [0.29, 0.717) is 13.0 Å². The summed E-state index contributed by atoms with van der Waals surface area (Å²) in [4.78, 5) is 16.9. The van der Waals surface area contributed by atoms with Gasteiger partial charge >= 0.3 is 5.51 Å². The van der Waals surface area contributed by atoms with Crippen LogP contribution in [0, 0.1) is 0 Å². The topological polar surface area (TPSA) is 47.6 Å². The molecule has 8 heteroatoms. The Balaban J connectivity index is 1.84. The molecule has 1 fully saturated rings. The summed E-state index contributed by atoms with van der Waals surface area (Å²) in [5, 5.41) is 0. The lowest BCUT2D eigenvalue weighted by atomic mass is 10.2. The van der Waals surface area contributed by atoms with E-state index in [4.69, 9.17) is 9.57 Å². The number of ether oxygens (including phenoxy) is 1. The minimum Gasteiger partial charge on any atom is -0.350 e. The number of rotatable bonds is 4. The molecule has 0 saturated carbocycles. The van der Waals surface area contributed by atoms with Crippen LogP contribution in [0.1, 0.15) is 29.6 Å². The van der Waals surface area contributed by atoms with Crippen LogP contribution in [0.15, 0.2) is 29.2 Å². The number of halogens is 3. The third-order valence-electron chi connectivity index (χ3n) is 2.77. The van der Waals surface area contributed by atoms with Crippen molar-refractivity contribution in [2.24, 2.45) is 0 Å². The number of carbonyl (C=O) groups excluding carboxylic acids is 1. The lowest BCUT2D eigenvalue weighted by Crippen LogP contribution is -2.33. The molecule has 116 valence electrons. The van der Waals surface area contributed by atoms with Crippen LogP contribution in [0.3, 0.4) is 0 Å². The quantitative estimate of drug-likeness (QED) is 0.681. The molecule has 1 atom stereocenters. The zero-order valence-electron chi connectivity index (χ0n) is 11.0. The maximum atomic E-state index is 12.2. The number of carbonyl (C=O) groups is 1. The second-order valence-electron chi connectivity index (χ2n) is 4.42. The van der Waals surface area contributed by atoms with Crippen molar-refractivity contribution in [2.45, 2.75) is 36.0 Å².